The van der Waals surface area contributed by atoms with Crippen LogP contribution in [0.2, 0.25) is 0 Å². The van der Waals surface area contributed by atoms with Crippen LogP contribution in [0, 0.1) is 0 Å². The third-order valence-corrected chi connectivity index (χ3v) is 7.79. The summed E-state index contributed by atoms with van der Waals surface area (Å²) >= 11 is 0. The standard InChI is InChI=1S/C32H36N4O/c1-3-5-21(6-4-2)31-27-11-7-23(33-27)19-25-9-13-29(35-25)32(22-15-17-37-18-16-22)30-14-10-26(36-30)20-24-8-12-28(31)34-24/h7-14,19-22,33-34H,3-6,15-18H2,1-2H3. The second-order valence-electron chi connectivity index (χ2n) is 10.4. The van der Waals surface area contributed by atoms with Gasteiger partial charge in [-0.05, 0) is 98.2 Å². The van der Waals surface area contributed by atoms with Gasteiger partial charge in [0.25, 0.3) is 0 Å². The van der Waals surface area contributed by atoms with Crippen molar-refractivity contribution in [1.29, 1.82) is 0 Å². The van der Waals surface area contributed by atoms with Crippen molar-refractivity contribution in [2.75, 3.05) is 13.2 Å². The van der Waals surface area contributed by atoms with Crippen molar-refractivity contribution in [2.24, 2.45) is 0 Å². The number of ether oxygens (including phenoxy) is 1. The lowest BCUT2D eigenvalue weighted by atomic mass is 9.89. The fourth-order valence-corrected chi connectivity index (χ4v) is 6.09. The third-order valence-electron chi connectivity index (χ3n) is 7.79. The van der Waals surface area contributed by atoms with Gasteiger partial charge in [0.15, 0.2) is 0 Å². The average Bonchev–Trinajstić information content (AvgIpc) is 3.71. The summed E-state index contributed by atoms with van der Waals surface area (Å²) in [6.45, 7) is 6.15. The van der Waals surface area contributed by atoms with Gasteiger partial charge in [-0.1, -0.05) is 26.7 Å². The number of aromatic amines is 2. The third kappa shape index (κ3) is 4.93. The van der Waals surface area contributed by atoms with Crippen molar-refractivity contribution >= 4 is 46.4 Å². The molecule has 0 radical (unpaired) electrons. The SMILES string of the molecule is CCCC(CCC)c1c2ccc(cc3nc(c(C4CCOCC4)c4nc(cc5ccc1[nH]5)C=C4)C=C3)[nH]2. The molecule has 0 atom stereocenters. The van der Waals surface area contributed by atoms with E-state index in [0.29, 0.717) is 11.8 Å². The molecule has 8 bridgehead atoms. The van der Waals surface area contributed by atoms with E-state index >= 15 is 0 Å². The Morgan fingerprint density at radius 1 is 0.784 bits per heavy atom. The van der Waals surface area contributed by atoms with Gasteiger partial charge < -0.3 is 14.7 Å². The molecule has 6 heterocycles. The molecule has 3 aliphatic rings. The highest BCUT2D eigenvalue weighted by Gasteiger charge is 2.23. The predicted octanol–water partition coefficient (Wildman–Crippen LogP) is 8.23. The van der Waals surface area contributed by atoms with Gasteiger partial charge in [0.2, 0.25) is 0 Å². The Hall–Kier alpha value is -3.44. The van der Waals surface area contributed by atoms with Crippen LogP contribution in [-0.2, 0) is 4.74 Å². The lowest BCUT2D eigenvalue weighted by molar-refractivity contribution is 0.0851. The van der Waals surface area contributed by atoms with Crippen LogP contribution < -0.4 is 0 Å². The topological polar surface area (TPSA) is 66.6 Å². The summed E-state index contributed by atoms with van der Waals surface area (Å²) in [6.07, 6.45) is 15.2. The summed E-state index contributed by atoms with van der Waals surface area (Å²) in [5.41, 5.74) is 11.2. The first kappa shape index (κ1) is 23.9. The largest absolute Gasteiger partial charge is 0.381 e. The maximum Gasteiger partial charge on any atom is 0.0694 e. The minimum atomic E-state index is 0.401. The molecule has 190 valence electrons. The van der Waals surface area contributed by atoms with Gasteiger partial charge >= 0.3 is 0 Å². The van der Waals surface area contributed by atoms with Crippen molar-refractivity contribution in [1.82, 2.24) is 19.9 Å². The highest BCUT2D eigenvalue weighted by Crippen LogP contribution is 2.35. The molecule has 1 saturated heterocycles. The van der Waals surface area contributed by atoms with Gasteiger partial charge in [-0.25, -0.2) is 9.97 Å². The highest BCUT2D eigenvalue weighted by atomic mass is 16.5. The number of nitrogens with one attached hydrogen (secondary N) is 2. The molecule has 3 aliphatic heterocycles. The molecule has 1 fully saturated rings. The Labute approximate surface area is 218 Å². The maximum absolute atomic E-state index is 5.67. The Balaban J connectivity index is 1.63. The zero-order valence-corrected chi connectivity index (χ0v) is 21.9. The summed E-state index contributed by atoms with van der Waals surface area (Å²) in [4.78, 5) is 17.6. The summed E-state index contributed by atoms with van der Waals surface area (Å²) in [7, 11) is 0. The average molecular weight is 493 g/mol. The van der Waals surface area contributed by atoms with E-state index in [-0.39, 0.29) is 0 Å². The minimum Gasteiger partial charge on any atom is -0.381 e. The van der Waals surface area contributed by atoms with Gasteiger partial charge in [-0.3, -0.25) is 0 Å². The number of H-pyrrole nitrogens is 2. The molecule has 37 heavy (non-hydrogen) atoms. The number of hydrogen-bond donors (Lipinski definition) is 2. The maximum atomic E-state index is 5.67. The molecule has 0 saturated carbocycles. The first-order valence-electron chi connectivity index (χ1n) is 13.9. The van der Waals surface area contributed by atoms with Crippen LogP contribution in [-0.4, -0.2) is 33.1 Å². The van der Waals surface area contributed by atoms with Crippen LogP contribution >= 0.6 is 0 Å². The molecule has 6 rings (SSSR count). The highest BCUT2D eigenvalue weighted by molar-refractivity contribution is 5.81. The predicted molar refractivity (Wildman–Crippen MR) is 154 cm³/mol. The van der Waals surface area contributed by atoms with E-state index in [9.17, 15) is 0 Å². The lowest BCUT2D eigenvalue weighted by Gasteiger charge is -2.23. The van der Waals surface area contributed by atoms with Gasteiger partial charge in [0.05, 0.1) is 22.8 Å². The quantitative estimate of drug-likeness (QED) is 0.251. The first-order valence-corrected chi connectivity index (χ1v) is 13.9. The van der Waals surface area contributed by atoms with Gasteiger partial charge in [0, 0.05) is 46.4 Å². The van der Waals surface area contributed by atoms with Gasteiger partial charge in [0.1, 0.15) is 0 Å². The summed E-state index contributed by atoms with van der Waals surface area (Å²) < 4.78 is 5.67. The molecule has 2 N–H and O–H groups in total. The van der Waals surface area contributed by atoms with E-state index in [1.807, 2.05) is 0 Å². The molecule has 0 aromatic carbocycles. The summed E-state index contributed by atoms with van der Waals surface area (Å²) in [5, 5.41) is 0. The molecule has 3 aromatic heterocycles. The molecule has 0 amide bonds. The Morgan fingerprint density at radius 3 is 1.84 bits per heavy atom. The summed E-state index contributed by atoms with van der Waals surface area (Å²) in [5.74, 6) is 0.898. The molecule has 3 aromatic rings. The molecular formula is C32H36N4O. The molecule has 5 nitrogen and oxygen atoms in total. The second-order valence-corrected chi connectivity index (χ2v) is 10.4. The fraction of sp³-hybridized carbons (Fsp3) is 0.375. The minimum absolute atomic E-state index is 0.401. The van der Waals surface area contributed by atoms with Crippen molar-refractivity contribution < 1.29 is 4.74 Å². The van der Waals surface area contributed by atoms with Gasteiger partial charge in [-0.2, -0.15) is 0 Å². The van der Waals surface area contributed by atoms with Gasteiger partial charge in [-0.15, -0.1) is 0 Å². The lowest BCUT2D eigenvalue weighted by Crippen LogP contribution is -2.16. The van der Waals surface area contributed by atoms with Crippen LogP contribution in [0.15, 0.2) is 36.4 Å². The Morgan fingerprint density at radius 2 is 1.32 bits per heavy atom. The normalized spacial score (nSPS) is 15.6. The molecule has 5 heteroatoms. The van der Waals surface area contributed by atoms with Crippen LogP contribution in [0.1, 0.15) is 98.1 Å². The van der Waals surface area contributed by atoms with Crippen LogP contribution in [0.25, 0.3) is 46.4 Å². The Bertz CT molecular complexity index is 1400. The van der Waals surface area contributed by atoms with E-state index in [2.05, 4.69) is 84.5 Å². The van der Waals surface area contributed by atoms with E-state index in [1.165, 1.54) is 47.8 Å². The van der Waals surface area contributed by atoms with Crippen LogP contribution in [0.3, 0.4) is 0 Å². The number of nitrogens with zero attached hydrogens (tertiary/aromatic N) is 2. The van der Waals surface area contributed by atoms with Crippen molar-refractivity contribution in [3.63, 3.8) is 0 Å². The Kier molecular flexibility index (Phi) is 6.79. The van der Waals surface area contributed by atoms with E-state index < -0.39 is 0 Å². The molecule has 0 spiro atoms. The zero-order chi connectivity index (χ0) is 25.2. The van der Waals surface area contributed by atoms with E-state index in [1.54, 1.807) is 0 Å². The molecule has 0 unspecified atom stereocenters. The monoisotopic (exact) mass is 492 g/mol. The zero-order valence-electron chi connectivity index (χ0n) is 21.9. The van der Waals surface area contributed by atoms with Crippen molar-refractivity contribution in [2.45, 2.75) is 64.2 Å². The first-order chi connectivity index (χ1) is 18.2. The van der Waals surface area contributed by atoms with Crippen molar-refractivity contribution in [3.8, 4) is 0 Å². The number of hydrogen-bond acceptors (Lipinski definition) is 3. The van der Waals surface area contributed by atoms with Crippen LogP contribution in [0.5, 0.6) is 0 Å². The molecular weight excluding hydrogens is 456 g/mol. The number of aromatic nitrogens is 4. The summed E-state index contributed by atoms with van der Waals surface area (Å²) in [6, 6.07) is 13.1. The smallest absolute Gasteiger partial charge is 0.0694 e. The second kappa shape index (κ2) is 10.5. The number of fused-ring (bicyclic) bond motifs is 8. The molecule has 0 aliphatic carbocycles. The fourth-order valence-electron chi connectivity index (χ4n) is 6.09. The van der Waals surface area contributed by atoms with Crippen molar-refractivity contribution in [3.05, 3.63) is 70.3 Å². The number of rotatable bonds is 6. The van der Waals surface area contributed by atoms with Crippen LogP contribution in [0.4, 0.5) is 0 Å². The van der Waals surface area contributed by atoms with E-state index in [4.69, 9.17) is 14.7 Å². The van der Waals surface area contributed by atoms with E-state index in [0.717, 1.165) is 59.9 Å².